The minimum atomic E-state index is -3.50. The van der Waals surface area contributed by atoms with E-state index in [1.165, 1.54) is 16.8 Å². The summed E-state index contributed by atoms with van der Waals surface area (Å²) in [7, 11) is -3.50. The molecule has 2 aromatic rings. The second kappa shape index (κ2) is 8.02. The number of carbonyl (C=O) groups excluding carboxylic acids is 2. The molecule has 0 aliphatic carbocycles. The maximum Gasteiger partial charge on any atom is 0.225 e. The van der Waals surface area contributed by atoms with Gasteiger partial charge < -0.3 is 5.32 Å². The van der Waals surface area contributed by atoms with Crippen LogP contribution >= 0.6 is 0 Å². The third-order valence-corrected chi connectivity index (χ3v) is 6.47. The van der Waals surface area contributed by atoms with Crippen LogP contribution in [-0.4, -0.2) is 36.7 Å². The first-order valence-electron chi connectivity index (χ1n) is 8.80. The Morgan fingerprint density at radius 1 is 1.04 bits per heavy atom. The number of nitrogens with one attached hydrogen (secondary N) is 1. The van der Waals surface area contributed by atoms with Gasteiger partial charge in [0, 0.05) is 30.8 Å². The van der Waals surface area contributed by atoms with Crippen molar-refractivity contribution in [1.82, 2.24) is 4.31 Å². The van der Waals surface area contributed by atoms with Gasteiger partial charge in [0.1, 0.15) is 0 Å². The fourth-order valence-corrected chi connectivity index (χ4v) is 4.48. The number of nitrogens with zero attached hydrogens (tertiary/aromatic N) is 1. The Balaban J connectivity index is 1.55. The van der Waals surface area contributed by atoms with Crippen molar-refractivity contribution in [2.75, 3.05) is 17.6 Å². The van der Waals surface area contributed by atoms with Crippen LogP contribution in [-0.2, 0) is 27.8 Å². The minimum Gasteiger partial charge on any atom is -0.326 e. The van der Waals surface area contributed by atoms with Crippen LogP contribution in [0.5, 0.6) is 0 Å². The number of hydrogen-bond acceptors (Lipinski definition) is 4. The van der Waals surface area contributed by atoms with Gasteiger partial charge in [0.05, 0.1) is 5.75 Å². The van der Waals surface area contributed by atoms with Gasteiger partial charge in [0.25, 0.3) is 0 Å². The number of sulfonamides is 1. The number of rotatable bonds is 6. The van der Waals surface area contributed by atoms with Crippen LogP contribution in [0.2, 0.25) is 0 Å². The largest absolute Gasteiger partial charge is 0.326 e. The van der Waals surface area contributed by atoms with E-state index in [1.807, 2.05) is 24.3 Å². The van der Waals surface area contributed by atoms with E-state index in [2.05, 4.69) is 5.32 Å². The highest BCUT2D eigenvalue weighted by Gasteiger charge is 2.26. The van der Waals surface area contributed by atoms with Gasteiger partial charge >= 0.3 is 0 Å². The molecule has 0 fully saturated rings. The van der Waals surface area contributed by atoms with Crippen molar-refractivity contribution in [2.24, 2.45) is 0 Å². The second-order valence-corrected chi connectivity index (χ2v) is 8.69. The minimum absolute atomic E-state index is 0.0536. The summed E-state index contributed by atoms with van der Waals surface area (Å²) in [6, 6.07) is 14.3. The molecule has 6 nitrogen and oxygen atoms in total. The molecule has 0 saturated carbocycles. The molecule has 3 rings (SSSR count). The molecule has 1 N–H and O–H groups in total. The lowest BCUT2D eigenvalue weighted by Gasteiger charge is -2.28. The number of Topliss-reactive ketones (excluding diaryl/α,β-unsaturated/α-hetero) is 1. The van der Waals surface area contributed by atoms with Crippen molar-refractivity contribution >= 4 is 27.4 Å². The number of fused-ring (bicyclic) bond motifs is 1. The highest BCUT2D eigenvalue weighted by atomic mass is 32.2. The fourth-order valence-electron chi connectivity index (χ4n) is 3.07. The molecule has 1 aliphatic rings. The summed E-state index contributed by atoms with van der Waals surface area (Å²) in [6.07, 6.45) is 0.568. The molecule has 142 valence electrons. The Kier molecular flexibility index (Phi) is 5.72. The van der Waals surface area contributed by atoms with Crippen molar-refractivity contribution < 1.29 is 18.0 Å². The van der Waals surface area contributed by atoms with Crippen LogP contribution in [0.25, 0.3) is 0 Å². The Bertz CT molecular complexity index is 952. The zero-order valence-electron chi connectivity index (χ0n) is 15.1. The van der Waals surface area contributed by atoms with E-state index in [9.17, 15) is 18.0 Å². The van der Waals surface area contributed by atoms with Gasteiger partial charge in [0.2, 0.25) is 15.9 Å². The molecule has 0 bridgehead atoms. The van der Waals surface area contributed by atoms with E-state index in [1.54, 1.807) is 24.3 Å². The zero-order valence-corrected chi connectivity index (χ0v) is 16.0. The van der Waals surface area contributed by atoms with Crippen molar-refractivity contribution in [1.29, 1.82) is 0 Å². The molecule has 0 unspecified atom stereocenters. The van der Waals surface area contributed by atoms with E-state index in [0.29, 0.717) is 30.8 Å². The normalized spacial score (nSPS) is 14.4. The van der Waals surface area contributed by atoms with E-state index < -0.39 is 10.0 Å². The third kappa shape index (κ3) is 4.81. The third-order valence-electron chi connectivity index (χ3n) is 4.65. The molecule has 0 aromatic heterocycles. The Hall–Kier alpha value is -2.51. The summed E-state index contributed by atoms with van der Waals surface area (Å²) in [5.41, 5.74) is 3.29. The molecule has 0 radical (unpaired) electrons. The van der Waals surface area contributed by atoms with Crippen molar-refractivity contribution in [3.8, 4) is 0 Å². The van der Waals surface area contributed by atoms with Crippen LogP contribution in [0.4, 0.5) is 5.69 Å². The van der Waals surface area contributed by atoms with Crippen LogP contribution < -0.4 is 5.32 Å². The summed E-state index contributed by atoms with van der Waals surface area (Å²) >= 11 is 0. The molecule has 2 aromatic carbocycles. The summed E-state index contributed by atoms with van der Waals surface area (Å²) in [5, 5.41) is 2.67. The van der Waals surface area contributed by atoms with E-state index >= 15 is 0 Å². The fraction of sp³-hybridized carbons (Fsp3) is 0.300. The molecule has 1 heterocycles. The Labute approximate surface area is 159 Å². The monoisotopic (exact) mass is 386 g/mol. The van der Waals surface area contributed by atoms with Crippen LogP contribution in [0.3, 0.4) is 0 Å². The van der Waals surface area contributed by atoms with E-state index in [-0.39, 0.29) is 23.9 Å². The number of ketones is 1. The van der Waals surface area contributed by atoms with Crippen molar-refractivity contribution in [2.45, 2.75) is 26.3 Å². The summed E-state index contributed by atoms with van der Waals surface area (Å²) in [6.45, 7) is 2.26. The standard InChI is InChI=1S/C20H22N2O4S/c1-15(23)16-6-8-19(9-7-16)21-20(24)11-13-27(25,26)22-12-10-17-4-2-3-5-18(17)14-22/h2-9H,10-14H2,1H3,(H,21,24). The van der Waals surface area contributed by atoms with Crippen LogP contribution in [0, 0.1) is 0 Å². The molecule has 0 saturated heterocycles. The number of anilines is 1. The average molecular weight is 386 g/mol. The van der Waals surface area contributed by atoms with Crippen molar-refractivity contribution in [3.05, 3.63) is 65.2 Å². The predicted molar refractivity (Wildman–Crippen MR) is 104 cm³/mol. The van der Waals surface area contributed by atoms with Gasteiger partial charge in [-0.05, 0) is 48.7 Å². The number of amides is 1. The van der Waals surface area contributed by atoms with Gasteiger partial charge in [0.15, 0.2) is 5.78 Å². The molecule has 27 heavy (non-hydrogen) atoms. The lowest BCUT2D eigenvalue weighted by Crippen LogP contribution is -2.38. The summed E-state index contributed by atoms with van der Waals surface area (Å²) in [4.78, 5) is 23.4. The molecule has 0 spiro atoms. The molecular formula is C20H22N2O4S. The first-order chi connectivity index (χ1) is 12.8. The van der Waals surface area contributed by atoms with E-state index in [4.69, 9.17) is 0 Å². The van der Waals surface area contributed by atoms with Crippen LogP contribution in [0.15, 0.2) is 48.5 Å². The van der Waals surface area contributed by atoms with Crippen LogP contribution in [0.1, 0.15) is 34.8 Å². The first-order valence-corrected chi connectivity index (χ1v) is 10.4. The first kappa shape index (κ1) is 19.3. The smallest absolute Gasteiger partial charge is 0.225 e. The lowest BCUT2D eigenvalue weighted by molar-refractivity contribution is -0.115. The topological polar surface area (TPSA) is 83.5 Å². The Morgan fingerprint density at radius 3 is 2.37 bits per heavy atom. The molecule has 1 aliphatic heterocycles. The zero-order chi connectivity index (χ0) is 19.4. The van der Waals surface area contributed by atoms with Gasteiger partial charge in [-0.2, -0.15) is 4.31 Å². The molecule has 7 heteroatoms. The van der Waals surface area contributed by atoms with Gasteiger partial charge in [-0.25, -0.2) is 8.42 Å². The molecular weight excluding hydrogens is 364 g/mol. The summed E-state index contributed by atoms with van der Waals surface area (Å²) in [5.74, 6) is -0.652. The SMILES string of the molecule is CC(=O)c1ccc(NC(=O)CCS(=O)(=O)N2CCc3ccccc3C2)cc1. The number of hydrogen-bond donors (Lipinski definition) is 1. The molecule has 0 atom stereocenters. The summed E-state index contributed by atoms with van der Waals surface area (Å²) < 4.78 is 26.6. The van der Waals surface area contributed by atoms with Gasteiger partial charge in [-0.1, -0.05) is 24.3 Å². The second-order valence-electron chi connectivity index (χ2n) is 6.60. The number of benzene rings is 2. The van der Waals surface area contributed by atoms with Gasteiger partial charge in [-0.3, -0.25) is 9.59 Å². The quantitative estimate of drug-likeness (QED) is 0.774. The predicted octanol–water partition coefficient (Wildman–Crippen LogP) is 2.61. The number of carbonyl (C=O) groups is 2. The lowest BCUT2D eigenvalue weighted by atomic mass is 10.0. The van der Waals surface area contributed by atoms with E-state index in [0.717, 1.165) is 5.56 Å². The van der Waals surface area contributed by atoms with Gasteiger partial charge in [-0.15, -0.1) is 0 Å². The molecule has 1 amide bonds. The van der Waals surface area contributed by atoms with Crippen molar-refractivity contribution in [3.63, 3.8) is 0 Å². The maximum atomic E-state index is 12.6. The Morgan fingerprint density at radius 2 is 1.70 bits per heavy atom. The highest BCUT2D eigenvalue weighted by Crippen LogP contribution is 2.21. The maximum absolute atomic E-state index is 12.6. The highest BCUT2D eigenvalue weighted by molar-refractivity contribution is 7.89. The average Bonchev–Trinajstić information content (AvgIpc) is 2.66.